The van der Waals surface area contributed by atoms with Gasteiger partial charge in [-0.1, -0.05) is 24.3 Å². The molecule has 53 heavy (non-hydrogen) atoms. The van der Waals surface area contributed by atoms with E-state index in [0.717, 1.165) is 72.1 Å². The Kier molecular flexibility index (Phi) is 9.81. The molecular formula is C44H49N3O6. The number of fused-ring (bicyclic) bond motifs is 2. The van der Waals surface area contributed by atoms with Gasteiger partial charge in [0.25, 0.3) is 0 Å². The molecule has 1 N–H and O–H groups in total. The van der Waals surface area contributed by atoms with Crippen molar-refractivity contribution in [1.82, 2.24) is 15.1 Å². The van der Waals surface area contributed by atoms with Crippen LogP contribution in [0.3, 0.4) is 0 Å². The molecule has 0 saturated carbocycles. The van der Waals surface area contributed by atoms with Crippen LogP contribution in [-0.4, -0.2) is 58.3 Å². The van der Waals surface area contributed by atoms with Gasteiger partial charge in [0.15, 0.2) is 23.0 Å². The van der Waals surface area contributed by atoms with Gasteiger partial charge in [-0.05, 0) is 123 Å². The van der Waals surface area contributed by atoms with Gasteiger partial charge in [0.1, 0.15) is 23.0 Å². The highest BCUT2D eigenvalue weighted by Gasteiger charge is 2.36. The molecule has 0 aliphatic carbocycles. The van der Waals surface area contributed by atoms with E-state index in [9.17, 15) is 0 Å². The summed E-state index contributed by atoms with van der Waals surface area (Å²) in [6.07, 6.45) is 3.40. The Morgan fingerprint density at radius 3 is 2.21 bits per heavy atom. The largest absolute Gasteiger partial charge is 0.493 e. The molecule has 4 aliphatic rings. The van der Waals surface area contributed by atoms with Gasteiger partial charge < -0.3 is 33.4 Å². The highest BCUT2D eigenvalue weighted by Crippen LogP contribution is 2.53. The van der Waals surface area contributed by atoms with Crippen LogP contribution in [-0.2, 0) is 38.8 Å². The van der Waals surface area contributed by atoms with Crippen molar-refractivity contribution in [3.63, 3.8) is 0 Å². The molecule has 0 unspecified atom stereocenters. The molecule has 9 nitrogen and oxygen atoms in total. The molecule has 9 rings (SSSR count). The lowest BCUT2D eigenvalue weighted by molar-refractivity contribution is 0.220. The van der Waals surface area contributed by atoms with Gasteiger partial charge in [0, 0.05) is 42.8 Å². The van der Waals surface area contributed by atoms with E-state index in [1.807, 2.05) is 25.1 Å². The van der Waals surface area contributed by atoms with Gasteiger partial charge in [-0.15, -0.1) is 0 Å². The number of furan rings is 1. The number of likely N-dealkylation sites (N-methyl/N-ethyl adjacent to an activating group) is 2. The molecule has 1 aromatic heterocycles. The number of benzene rings is 4. The van der Waals surface area contributed by atoms with Crippen LogP contribution < -0.4 is 29.0 Å². The van der Waals surface area contributed by atoms with E-state index in [1.165, 1.54) is 22.3 Å². The van der Waals surface area contributed by atoms with E-state index in [2.05, 4.69) is 83.8 Å². The third kappa shape index (κ3) is 6.85. The van der Waals surface area contributed by atoms with Crippen molar-refractivity contribution in [2.75, 3.05) is 48.5 Å². The molecule has 5 heterocycles. The molecule has 5 aromatic rings. The average molecular weight is 716 g/mol. The number of nitrogens with one attached hydrogen (secondary N) is 1. The van der Waals surface area contributed by atoms with E-state index in [4.69, 9.17) is 28.1 Å². The van der Waals surface area contributed by atoms with Crippen LogP contribution in [0.25, 0.3) is 0 Å². The lowest BCUT2D eigenvalue weighted by atomic mass is 9.84. The molecule has 6 bridgehead atoms. The topological polar surface area (TPSA) is 77.8 Å². The molecule has 0 saturated heterocycles. The van der Waals surface area contributed by atoms with Crippen molar-refractivity contribution >= 4 is 0 Å². The van der Waals surface area contributed by atoms with Crippen LogP contribution in [0.5, 0.6) is 40.2 Å². The van der Waals surface area contributed by atoms with Crippen molar-refractivity contribution in [1.29, 1.82) is 0 Å². The molecule has 4 aliphatic heterocycles. The lowest BCUT2D eigenvalue weighted by Gasteiger charge is -2.38. The van der Waals surface area contributed by atoms with E-state index in [1.54, 1.807) is 21.3 Å². The lowest BCUT2D eigenvalue weighted by Crippen LogP contribution is -2.35. The Hall–Kier alpha value is -4.96. The standard InChI is InChI=1S/C44H49N3O6/c1-27-7-12-33(51-27)25-45-26-36-34-18-20-47(3)38-22-29-10-16-39(48-4)40(23-29)52-31-13-8-28(9-14-31)21-37-35-24-32(15-11-30(35)17-19-46(37)2)53-43(41(34)38)44(50-6)42(36)49-5/h7-16,23-24,37-38,45H,17-22,25-26H2,1-6H3/t37-,38-/m0/s1. The van der Waals surface area contributed by atoms with E-state index < -0.39 is 0 Å². The number of hydrogen-bond donors (Lipinski definition) is 1. The first-order valence-corrected chi connectivity index (χ1v) is 18.5. The second-order valence-corrected chi connectivity index (χ2v) is 14.5. The predicted molar refractivity (Wildman–Crippen MR) is 205 cm³/mol. The fraction of sp³-hybridized carbons (Fsp3) is 0.364. The Balaban J connectivity index is 1.31. The Morgan fingerprint density at radius 2 is 1.45 bits per heavy atom. The van der Waals surface area contributed by atoms with Crippen molar-refractivity contribution in [2.45, 2.75) is 57.8 Å². The zero-order valence-corrected chi connectivity index (χ0v) is 31.6. The summed E-state index contributed by atoms with van der Waals surface area (Å²) in [5.74, 6) is 6.71. The molecule has 4 aromatic carbocycles. The molecule has 0 amide bonds. The summed E-state index contributed by atoms with van der Waals surface area (Å²) in [4.78, 5) is 4.87. The van der Waals surface area contributed by atoms with Crippen molar-refractivity contribution in [3.05, 3.63) is 123 Å². The quantitative estimate of drug-likeness (QED) is 0.179. The van der Waals surface area contributed by atoms with Gasteiger partial charge in [-0.2, -0.15) is 0 Å². The Labute approximate surface area is 312 Å². The average Bonchev–Trinajstić information content (AvgIpc) is 3.59. The summed E-state index contributed by atoms with van der Waals surface area (Å²) in [6, 6.07) is 25.5. The second kappa shape index (κ2) is 14.8. The molecule has 9 heteroatoms. The summed E-state index contributed by atoms with van der Waals surface area (Å²) in [5, 5.41) is 3.63. The summed E-state index contributed by atoms with van der Waals surface area (Å²) < 4.78 is 37.8. The second-order valence-electron chi connectivity index (χ2n) is 14.5. The number of methoxy groups -OCH3 is 3. The Bertz CT molecular complexity index is 2110. The molecule has 0 spiro atoms. The SMILES string of the molecule is COc1ccc2cc1Oc1ccc(cc1)C[C@H]1c3cc(ccc3CCN1C)Oc1c(OC)c(OC)c(CNCc3ccc(C)o3)c3c1[C@H](C2)N(C)CC3. The van der Waals surface area contributed by atoms with Gasteiger partial charge in [0.05, 0.1) is 27.9 Å². The van der Waals surface area contributed by atoms with Gasteiger partial charge in [0.2, 0.25) is 5.75 Å². The zero-order chi connectivity index (χ0) is 36.6. The first-order valence-electron chi connectivity index (χ1n) is 18.5. The maximum Gasteiger partial charge on any atom is 0.204 e. The minimum Gasteiger partial charge on any atom is -0.493 e. The van der Waals surface area contributed by atoms with E-state index in [0.29, 0.717) is 48.3 Å². The normalized spacial score (nSPS) is 18.3. The van der Waals surface area contributed by atoms with Crippen LogP contribution >= 0.6 is 0 Å². The number of rotatable bonds is 7. The number of ether oxygens (including phenoxy) is 5. The van der Waals surface area contributed by atoms with Gasteiger partial charge >= 0.3 is 0 Å². The van der Waals surface area contributed by atoms with Crippen LogP contribution in [0.1, 0.15) is 62.5 Å². The molecule has 276 valence electrons. The first kappa shape index (κ1) is 35.1. The maximum atomic E-state index is 7.13. The number of nitrogens with zero attached hydrogens (tertiary/aromatic N) is 2. The van der Waals surface area contributed by atoms with Crippen LogP contribution in [0, 0.1) is 6.92 Å². The fourth-order valence-electron chi connectivity index (χ4n) is 8.38. The molecule has 2 atom stereocenters. The van der Waals surface area contributed by atoms with E-state index in [-0.39, 0.29) is 12.1 Å². The van der Waals surface area contributed by atoms with E-state index >= 15 is 0 Å². The maximum absolute atomic E-state index is 7.13. The third-order valence-corrected chi connectivity index (χ3v) is 11.2. The predicted octanol–water partition coefficient (Wildman–Crippen LogP) is 8.35. The zero-order valence-electron chi connectivity index (χ0n) is 31.6. The van der Waals surface area contributed by atoms with Crippen molar-refractivity contribution in [3.8, 4) is 40.2 Å². The summed E-state index contributed by atoms with van der Waals surface area (Å²) >= 11 is 0. The minimum absolute atomic E-state index is 0.0315. The molecule has 0 fully saturated rings. The van der Waals surface area contributed by atoms with Gasteiger partial charge in [-0.3, -0.25) is 9.80 Å². The first-order chi connectivity index (χ1) is 25.8. The highest BCUT2D eigenvalue weighted by atomic mass is 16.5. The smallest absolute Gasteiger partial charge is 0.204 e. The fourth-order valence-corrected chi connectivity index (χ4v) is 8.38. The monoisotopic (exact) mass is 715 g/mol. The number of hydrogen-bond acceptors (Lipinski definition) is 9. The van der Waals surface area contributed by atoms with Gasteiger partial charge in [-0.25, -0.2) is 0 Å². The minimum atomic E-state index is -0.0315. The Morgan fingerprint density at radius 1 is 0.717 bits per heavy atom. The summed E-state index contributed by atoms with van der Waals surface area (Å²) in [5.41, 5.74) is 8.42. The van der Waals surface area contributed by atoms with Crippen LogP contribution in [0.15, 0.2) is 77.2 Å². The molecular weight excluding hydrogens is 666 g/mol. The third-order valence-electron chi connectivity index (χ3n) is 11.2. The van der Waals surface area contributed by atoms with Crippen LogP contribution in [0.2, 0.25) is 0 Å². The summed E-state index contributed by atoms with van der Waals surface area (Å²) in [7, 11) is 9.52. The molecule has 0 radical (unpaired) electrons. The van der Waals surface area contributed by atoms with Crippen molar-refractivity contribution < 1.29 is 28.1 Å². The van der Waals surface area contributed by atoms with Crippen molar-refractivity contribution in [2.24, 2.45) is 0 Å². The summed E-state index contributed by atoms with van der Waals surface area (Å²) in [6.45, 7) is 5.00. The van der Waals surface area contributed by atoms with Crippen LogP contribution in [0.4, 0.5) is 0 Å². The highest BCUT2D eigenvalue weighted by molar-refractivity contribution is 5.67. The number of aryl methyl sites for hydroxylation is 1.